The van der Waals surface area contributed by atoms with Crippen molar-refractivity contribution in [2.75, 3.05) is 11.4 Å². The lowest BCUT2D eigenvalue weighted by Gasteiger charge is -2.30. The topological polar surface area (TPSA) is 55.4 Å². The second-order valence-corrected chi connectivity index (χ2v) is 9.18. The number of aromatic nitrogens is 4. The van der Waals surface area contributed by atoms with Gasteiger partial charge in [0, 0.05) is 47.9 Å². The van der Waals surface area contributed by atoms with Gasteiger partial charge in [0.15, 0.2) is 5.65 Å². The summed E-state index contributed by atoms with van der Waals surface area (Å²) in [5, 5.41) is 5.07. The van der Waals surface area contributed by atoms with Gasteiger partial charge < -0.3 is 4.90 Å². The summed E-state index contributed by atoms with van der Waals surface area (Å²) in [7, 11) is 1.68. The molecule has 4 heterocycles. The monoisotopic (exact) mass is 395 g/mol. The molecule has 0 aromatic carbocycles. The number of hydrogen-bond donors (Lipinski definition) is 0. The number of rotatable bonds is 3. The maximum Gasteiger partial charge on any atom is 0.350 e. The highest BCUT2D eigenvalue weighted by Gasteiger charge is 2.22. The maximum atomic E-state index is 12.1. The highest BCUT2D eigenvalue weighted by atomic mass is 32.2. The quantitative estimate of drug-likeness (QED) is 0.672. The van der Waals surface area contributed by atoms with Crippen LogP contribution in [0.3, 0.4) is 0 Å². The number of nitrogens with zero attached hydrogens (tertiary/aromatic N) is 5. The highest BCUT2D eigenvalue weighted by Crippen LogP contribution is 2.37. The first-order chi connectivity index (χ1) is 13.7. The van der Waals surface area contributed by atoms with Crippen molar-refractivity contribution >= 4 is 28.9 Å². The second-order valence-electron chi connectivity index (χ2n) is 7.81. The van der Waals surface area contributed by atoms with Gasteiger partial charge >= 0.3 is 5.69 Å². The number of fused-ring (bicyclic) bond motifs is 2. The molecule has 0 spiro atoms. The Balaban J connectivity index is 1.44. The zero-order valence-corrected chi connectivity index (χ0v) is 17.0. The van der Waals surface area contributed by atoms with Crippen LogP contribution in [0.1, 0.15) is 44.1 Å². The molecular formula is C21H25N5OS. The molecule has 3 aromatic rings. The molecule has 2 aliphatic rings. The minimum atomic E-state index is -0.122. The molecule has 0 atom stereocenters. The van der Waals surface area contributed by atoms with Gasteiger partial charge in [-0.25, -0.2) is 14.5 Å². The van der Waals surface area contributed by atoms with E-state index in [1.54, 1.807) is 11.4 Å². The summed E-state index contributed by atoms with van der Waals surface area (Å²) < 4.78 is 2.95. The van der Waals surface area contributed by atoms with Gasteiger partial charge in [0.25, 0.3) is 0 Å². The Morgan fingerprint density at radius 3 is 2.86 bits per heavy atom. The van der Waals surface area contributed by atoms with Gasteiger partial charge in [-0.15, -0.1) is 11.8 Å². The van der Waals surface area contributed by atoms with Crippen LogP contribution in [0.25, 0.3) is 5.65 Å². The van der Waals surface area contributed by atoms with E-state index in [1.165, 1.54) is 47.2 Å². The van der Waals surface area contributed by atoms with E-state index in [9.17, 15) is 4.79 Å². The lowest BCUT2D eigenvalue weighted by molar-refractivity contribution is 0.516. The van der Waals surface area contributed by atoms with Crippen molar-refractivity contribution in [3.8, 4) is 0 Å². The zero-order chi connectivity index (χ0) is 19.1. The third-order valence-electron chi connectivity index (χ3n) is 5.82. The van der Waals surface area contributed by atoms with Crippen molar-refractivity contribution in [3.05, 3.63) is 46.6 Å². The van der Waals surface area contributed by atoms with Crippen LogP contribution in [-0.4, -0.2) is 31.0 Å². The van der Waals surface area contributed by atoms with Gasteiger partial charge in [-0.3, -0.25) is 4.40 Å². The van der Waals surface area contributed by atoms with E-state index in [1.807, 2.05) is 36.3 Å². The Kier molecular flexibility index (Phi) is 4.62. The summed E-state index contributed by atoms with van der Waals surface area (Å²) in [6, 6.07) is 6.30. The molecule has 1 aliphatic heterocycles. The molecule has 3 aromatic heterocycles. The van der Waals surface area contributed by atoms with Crippen molar-refractivity contribution in [1.29, 1.82) is 0 Å². The molecule has 1 fully saturated rings. The summed E-state index contributed by atoms with van der Waals surface area (Å²) in [6.45, 7) is 0.933. The van der Waals surface area contributed by atoms with Crippen molar-refractivity contribution in [2.45, 2.75) is 55.1 Å². The first kappa shape index (κ1) is 17.8. The molecule has 6 nitrogen and oxygen atoms in total. The molecule has 0 amide bonds. The minimum absolute atomic E-state index is 0.122. The highest BCUT2D eigenvalue weighted by molar-refractivity contribution is 8.00. The lowest BCUT2D eigenvalue weighted by atomic mass is 10.0. The number of aryl methyl sites for hydroxylation is 2. The summed E-state index contributed by atoms with van der Waals surface area (Å²) in [4.78, 5) is 20.5. The van der Waals surface area contributed by atoms with Gasteiger partial charge in [-0.1, -0.05) is 19.3 Å². The molecule has 1 saturated carbocycles. The molecule has 7 heteroatoms. The first-order valence-corrected chi connectivity index (χ1v) is 11.1. The van der Waals surface area contributed by atoms with E-state index in [0.717, 1.165) is 36.1 Å². The molecule has 0 unspecified atom stereocenters. The number of anilines is 2. The molecule has 0 N–H and O–H groups in total. The van der Waals surface area contributed by atoms with E-state index in [4.69, 9.17) is 4.98 Å². The van der Waals surface area contributed by atoms with Gasteiger partial charge in [0.1, 0.15) is 5.82 Å². The van der Waals surface area contributed by atoms with Crippen LogP contribution in [0.4, 0.5) is 11.5 Å². The standard InChI is InChI=1S/C21H25N5OS/c1-24-21(27)26-11-9-16(13-19(26)23-24)25-10-5-6-15-12-18(14-22-20(15)25)28-17-7-3-2-4-8-17/h9,11-14,17H,2-8,10H2,1H3. The van der Waals surface area contributed by atoms with Gasteiger partial charge in [-0.05, 0) is 43.4 Å². The fraction of sp³-hybridized carbons (Fsp3) is 0.476. The van der Waals surface area contributed by atoms with Crippen LogP contribution in [0.2, 0.25) is 0 Å². The Labute approximate surface area is 168 Å². The minimum Gasteiger partial charge on any atom is -0.326 e. The molecule has 0 saturated heterocycles. The largest absolute Gasteiger partial charge is 0.350 e. The zero-order valence-electron chi connectivity index (χ0n) is 16.2. The predicted octanol–water partition coefficient (Wildman–Crippen LogP) is 3.94. The van der Waals surface area contributed by atoms with E-state index in [-0.39, 0.29) is 5.69 Å². The van der Waals surface area contributed by atoms with Gasteiger partial charge in [0.2, 0.25) is 0 Å². The fourth-order valence-corrected chi connectivity index (χ4v) is 5.65. The normalized spacial score (nSPS) is 17.8. The van der Waals surface area contributed by atoms with Gasteiger partial charge in [0.05, 0.1) is 0 Å². The van der Waals surface area contributed by atoms with Crippen molar-refractivity contribution in [1.82, 2.24) is 19.2 Å². The second kappa shape index (κ2) is 7.28. The fourth-order valence-electron chi connectivity index (χ4n) is 4.37. The average molecular weight is 396 g/mol. The summed E-state index contributed by atoms with van der Waals surface area (Å²) >= 11 is 2.01. The third-order valence-corrected chi connectivity index (χ3v) is 7.12. The molecule has 0 bridgehead atoms. The van der Waals surface area contributed by atoms with E-state index < -0.39 is 0 Å². The van der Waals surface area contributed by atoms with Crippen LogP contribution in [0, 0.1) is 0 Å². The smallest absolute Gasteiger partial charge is 0.326 e. The van der Waals surface area contributed by atoms with Crippen LogP contribution < -0.4 is 10.6 Å². The van der Waals surface area contributed by atoms with Crippen molar-refractivity contribution in [3.63, 3.8) is 0 Å². The van der Waals surface area contributed by atoms with E-state index in [2.05, 4.69) is 16.1 Å². The van der Waals surface area contributed by atoms with E-state index >= 15 is 0 Å². The molecule has 28 heavy (non-hydrogen) atoms. The SMILES string of the molecule is Cn1nc2cc(N3CCCc4cc(SC5CCCCC5)cnc43)ccn2c1=O. The predicted molar refractivity (Wildman–Crippen MR) is 113 cm³/mol. The number of pyridine rings is 2. The molecule has 0 radical (unpaired) electrons. The summed E-state index contributed by atoms with van der Waals surface area (Å²) in [6.07, 6.45) is 12.8. The first-order valence-electron chi connectivity index (χ1n) is 10.2. The number of hydrogen-bond acceptors (Lipinski definition) is 5. The molecule has 1 aliphatic carbocycles. The molecule has 5 rings (SSSR count). The summed E-state index contributed by atoms with van der Waals surface area (Å²) in [5.41, 5.74) is 2.91. The van der Waals surface area contributed by atoms with Crippen LogP contribution in [-0.2, 0) is 13.5 Å². The Hall–Kier alpha value is -2.28. The van der Waals surface area contributed by atoms with Crippen molar-refractivity contribution in [2.24, 2.45) is 7.05 Å². The Morgan fingerprint density at radius 2 is 2.00 bits per heavy atom. The maximum absolute atomic E-state index is 12.1. The molecular weight excluding hydrogens is 370 g/mol. The van der Waals surface area contributed by atoms with Gasteiger partial charge in [-0.2, -0.15) is 5.10 Å². The van der Waals surface area contributed by atoms with Crippen molar-refractivity contribution < 1.29 is 0 Å². The molecule has 146 valence electrons. The summed E-state index contributed by atoms with van der Waals surface area (Å²) in [5.74, 6) is 1.04. The lowest BCUT2D eigenvalue weighted by Crippen LogP contribution is -2.26. The Bertz CT molecular complexity index is 1070. The van der Waals surface area contributed by atoms with E-state index in [0.29, 0.717) is 5.65 Å². The van der Waals surface area contributed by atoms with Crippen LogP contribution in [0.15, 0.2) is 40.3 Å². The van der Waals surface area contributed by atoms with Crippen LogP contribution in [0.5, 0.6) is 0 Å². The average Bonchev–Trinajstić information content (AvgIpc) is 3.01. The third kappa shape index (κ3) is 3.21. The van der Waals surface area contributed by atoms with Crippen LogP contribution >= 0.6 is 11.8 Å². The number of thioether (sulfide) groups is 1. The Morgan fingerprint density at radius 1 is 1.14 bits per heavy atom.